The molecule has 1 fully saturated rings. The van der Waals surface area contributed by atoms with Crippen LogP contribution in [0.1, 0.15) is 68.2 Å². The number of halogens is 7. The fourth-order valence-electron chi connectivity index (χ4n) is 6.02. The summed E-state index contributed by atoms with van der Waals surface area (Å²) in [6.07, 6.45) is -4.60. The van der Waals surface area contributed by atoms with Crippen molar-refractivity contribution in [3.63, 3.8) is 0 Å². The normalized spacial score (nSPS) is 17.1. The van der Waals surface area contributed by atoms with Gasteiger partial charge >= 0.3 is 18.3 Å². The van der Waals surface area contributed by atoms with E-state index >= 15 is 0 Å². The number of benzene rings is 2. The first kappa shape index (κ1) is 35.4. The number of hydrogen-bond acceptors (Lipinski definition) is 5. The van der Waals surface area contributed by atoms with E-state index in [1.807, 2.05) is 11.8 Å². The van der Waals surface area contributed by atoms with Crippen molar-refractivity contribution in [1.29, 1.82) is 0 Å². The molecule has 0 spiro atoms. The number of nitrogens with zero attached hydrogens (tertiary/aromatic N) is 3. The Morgan fingerprint density at radius 1 is 0.870 bits per heavy atom. The Bertz CT molecular complexity index is 1440. The van der Waals surface area contributed by atoms with Crippen LogP contribution in [-0.2, 0) is 35.0 Å². The number of carbonyl (C=O) groups excluding carboxylic acids is 1. The molecule has 0 N–H and O–H groups in total. The number of aromatic nitrogens is 1. The molecule has 12 heteroatoms. The summed E-state index contributed by atoms with van der Waals surface area (Å²) in [5, 5.41) is -0.0894. The van der Waals surface area contributed by atoms with Gasteiger partial charge in [0.05, 0.1) is 17.7 Å². The molecule has 1 aliphatic rings. The van der Waals surface area contributed by atoms with Gasteiger partial charge < -0.3 is 14.5 Å². The highest BCUT2D eigenvalue weighted by molar-refractivity contribution is 6.30. The summed E-state index contributed by atoms with van der Waals surface area (Å²) in [7, 11) is 0. The molecule has 1 aromatic heterocycles. The predicted octanol–water partition coefficient (Wildman–Crippen LogP) is 9.57. The maximum atomic E-state index is 13.9. The summed E-state index contributed by atoms with van der Waals surface area (Å²) in [6, 6.07) is 13.1. The predicted molar refractivity (Wildman–Crippen MR) is 167 cm³/mol. The molecule has 0 saturated heterocycles. The van der Waals surface area contributed by atoms with Crippen LogP contribution in [0.25, 0.3) is 0 Å². The zero-order valence-electron chi connectivity index (χ0n) is 25.8. The monoisotopic (exact) mass is 669 g/mol. The summed E-state index contributed by atoms with van der Waals surface area (Å²) in [4.78, 5) is 20.0. The van der Waals surface area contributed by atoms with E-state index in [1.165, 1.54) is 6.07 Å². The van der Waals surface area contributed by atoms with Crippen LogP contribution in [0.4, 0.5) is 37.8 Å². The molecule has 0 radical (unpaired) electrons. The molecule has 2 aromatic carbocycles. The number of pyridine rings is 1. The van der Waals surface area contributed by atoms with Crippen LogP contribution in [0.2, 0.25) is 5.02 Å². The van der Waals surface area contributed by atoms with Crippen molar-refractivity contribution in [2.24, 2.45) is 11.8 Å². The lowest BCUT2D eigenvalue weighted by Crippen LogP contribution is -2.34. The van der Waals surface area contributed by atoms with Crippen molar-refractivity contribution in [3.05, 3.63) is 88.1 Å². The first-order chi connectivity index (χ1) is 21.8. The van der Waals surface area contributed by atoms with Gasteiger partial charge in [0.2, 0.25) is 0 Å². The number of ether oxygens (including phenoxy) is 1. The van der Waals surface area contributed by atoms with Crippen molar-refractivity contribution in [3.8, 4) is 0 Å². The summed E-state index contributed by atoms with van der Waals surface area (Å²) in [5.74, 6) is 0.698. The number of hydrogen-bond donors (Lipinski definition) is 0. The van der Waals surface area contributed by atoms with Crippen LogP contribution in [0.5, 0.6) is 0 Å². The minimum atomic E-state index is -4.64. The minimum Gasteiger partial charge on any atom is -0.466 e. The Morgan fingerprint density at radius 2 is 1.52 bits per heavy atom. The van der Waals surface area contributed by atoms with Crippen LogP contribution in [-0.4, -0.2) is 30.6 Å². The fraction of sp³-hybridized carbons (Fsp3) is 0.471. The summed E-state index contributed by atoms with van der Waals surface area (Å²) >= 11 is 6.06. The highest BCUT2D eigenvalue weighted by Gasteiger charge is 2.34. The second kappa shape index (κ2) is 15.4. The van der Waals surface area contributed by atoms with E-state index in [-0.39, 0.29) is 41.5 Å². The largest absolute Gasteiger partial charge is 0.466 e. The second-order valence-corrected chi connectivity index (χ2v) is 12.1. The first-order valence-electron chi connectivity index (χ1n) is 15.4. The van der Waals surface area contributed by atoms with Gasteiger partial charge in [0.15, 0.2) is 0 Å². The summed E-state index contributed by atoms with van der Waals surface area (Å²) < 4.78 is 87.6. The zero-order chi connectivity index (χ0) is 33.5. The van der Waals surface area contributed by atoms with E-state index in [9.17, 15) is 31.1 Å². The molecule has 0 amide bonds. The number of carbonyl (C=O) groups is 1. The lowest BCUT2D eigenvalue weighted by molar-refractivity contribution is -0.144. The molecular weight excluding hydrogens is 632 g/mol. The van der Waals surface area contributed by atoms with E-state index in [0.29, 0.717) is 43.2 Å². The van der Waals surface area contributed by atoms with Gasteiger partial charge in [-0.3, -0.25) is 4.79 Å². The van der Waals surface area contributed by atoms with Crippen molar-refractivity contribution in [1.82, 2.24) is 4.98 Å². The van der Waals surface area contributed by atoms with Crippen molar-refractivity contribution in [2.45, 2.75) is 71.4 Å². The van der Waals surface area contributed by atoms with Gasteiger partial charge in [-0.15, -0.1) is 0 Å². The van der Waals surface area contributed by atoms with E-state index in [2.05, 4.69) is 4.98 Å². The molecule has 3 aromatic rings. The maximum Gasteiger partial charge on any atom is 0.417 e. The standard InChI is InChI=1S/C34H38ClF6N3O2/c1-3-43(20-24-12-10-23(11-13-24)16-31(45)46-4-2)32-26(17-28(19-42-32)34(39,40)41)22-44(30-8-6-5-7-9-30)21-25-14-27(33(36,37)38)18-29(35)15-25/h5-9,14-15,17-19,23-24H,3-4,10-13,16,20-22H2,1-2H3. The molecule has 0 atom stereocenters. The molecule has 46 heavy (non-hydrogen) atoms. The minimum absolute atomic E-state index is 0.0417. The van der Waals surface area contributed by atoms with Gasteiger partial charge in [-0.2, -0.15) is 26.3 Å². The van der Waals surface area contributed by atoms with Gasteiger partial charge in [-0.25, -0.2) is 4.98 Å². The molecule has 1 heterocycles. The highest BCUT2D eigenvalue weighted by Crippen LogP contribution is 2.37. The number of rotatable bonds is 12. The van der Waals surface area contributed by atoms with Gasteiger partial charge in [0.1, 0.15) is 5.82 Å². The second-order valence-electron chi connectivity index (χ2n) is 11.7. The van der Waals surface area contributed by atoms with Crippen LogP contribution in [0.15, 0.2) is 60.8 Å². The number of anilines is 2. The van der Waals surface area contributed by atoms with Gasteiger partial charge in [-0.1, -0.05) is 29.8 Å². The Kier molecular flexibility index (Phi) is 11.9. The maximum absolute atomic E-state index is 13.9. The zero-order valence-corrected chi connectivity index (χ0v) is 26.6. The molecule has 1 saturated carbocycles. The number of esters is 1. The first-order valence-corrected chi connectivity index (χ1v) is 15.8. The van der Waals surface area contributed by atoms with Crippen LogP contribution >= 0.6 is 11.6 Å². The molecule has 5 nitrogen and oxygen atoms in total. The Labute approximate surface area is 270 Å². The molecule has 0 bridgehead atoms. The smallest absolute Gasteiger partial charge is 0.417 e. The fourth-order valence-corrected chi connectivity index (χ4v) is 6.28. The van der Waals surface area contributed by atoms with Crippen LogP contribution < -0.4 is 9.80 Å². The van der Waals surface area contributed by atoms with Gasteiger partial charge in [0, 0.05) is 55.1 Å². The number of alkyl halides is 6. The molecular formula is C34H38ClF6N3O2. The summed E-state index contributed by atoms with van der Waals surface area (Å²) in [5.41, 5.74) is -0.635. The SMILES string of the molecule is CCOC(=O)CC1CCC(CN(CC)c2ncc(C(F)(F)F)cc2CN(Cc2cc(Cl)cc(C(F)(F)F)c2)c2ccccc2)CC1. The Morgan fingerprint density at radius 3 is 2.13 bits per heavy atom. The Hall–Kier alpha value is -3.47. The van der Waals surface area contributed by atoms with E-state index in [0.717, 1.165) is 50.1 Å². The van der Waals surface area contributed by atoms with Crippen molar-refractivity contribution in [2.75, 3.05) is 29.5 Å². The van der Waals surface area contributed by atoms with Gasteiger partial charge in [-0.05, 0) is 93.3 Å². The topological polar surface area (TPSA) is 45.7 Å². The lowest BCUT2D eigenvalue weighted by Gasteiger charge is -2.34. The average molecular weight is 670 g/mol. The highest BCUT2D eigenvalue weighted by atomic mass is 35.5. The van der Waals surface area contributed by atoms with Crippen molar-refractivity contribution < 1.29 is 35.9 Å². The quantitative estimate of drug-likeness (QED) is 0.142. The molecule has 4 rings (SSSR count). The van der Waals surface area contributed by atoms with E-state index in [1.54, 1.807) is 42.2 Å². The van der Waals surface area contributed by atoms with Crippen molar-refractivity contribution >= 4 is 29.1 Å². The molecule has 0 unspecified atom stereocenters. The molecule has 1 aliphatic carbocycles. The lowest BCUT2D eigenvalue weighted by atomic mass is 9.80. The van der Waals surface area contributed by atoms with Crippen LogP contribution in [0.3, 0.4) is 0 Å². The Balaban J connectivity index is 1.63. The van der Waals surface area contributed by atoms with Crippen LogP contribution in [0, 0.1) is 11.8 Å². The number of para-hydroxylation sites is 1. The third kappa shape index (κ3) is 9.77. The summed E-state index contributed by atoms with van der Waals surface area (Å²) in [6.45, 7) is 5.00. The third-order valence-electron chi connectivity index (χ3n) is 8.30. The molecule has 250 valence electrons. The third-order valence-corrected chi connectivity index (χ3v) is 8.52. The average Bonchev–Trinajstić information content (AvgIpc) is 3.00. The van der Waals surface area contributed by atoms with E-state index in [4.69, 9.17) is 16.3 Å². The van der Waals surface area contributed by atoms with E-state index < -0.39 is 23.5 Å². The van der Waals surface area contributed by atoms with Gasteiger partial charge in [0.25, 0.3) is 0 Å². The molecule has 0 aliphatic heterocycles.